The Labute approximate surface area is 100 Å². The number of aromatic nitrogens is 1. The van der Waals surface area contributed by atoms with E-state index in [1.54, 1.807) is 12.1 Å². The summed E-state index contributed by atoms with van der Waals surface area (Å²) in [7, 11) is -3.66. The van der Waals surface area contributed by atoms with Crippen molar-refractivity contribution in [2.24, 2.45) is 0 Å². The summed E-state index contributed by atoms with van der Waals surface area (Å²) in [6.07, 6.45) is 3.33. The smallest absolute Gasteiger partial charge is 0.238 e. The van der Waals surface area contributed by atoms with E-state index >= 15 is 0 Å². The van der Waals surface area contributed by atoms with Gasteiger partial charge < -0.3 is 5.32 Å². The average Bonchev–Trinajstić information content (AvgIpc) is 2.55. The van der Waals surface area contributed by atoms with Gasteiger partial charge in [0.25, 0.3) is 0 Å². The van der Waals surface area contributed by atoms with E-state index in [9.17, 15) is 13.2 Å². The topological polar surface area (TPSA) is 76.1 Å². The number of nitrogens with zero attached hydrogens (tertiary/aromatic N) is 1. The molecule has 0 aromatic carbocycles. The van der Waals surface area contributed by atoms with E-state index in [2.05, 4.69) is 10.3 Å². The highest BCUT2D eigenvalue weighted by Crippen LogP contribution is 2.20. The van der Waals surface area contributed by atoms with Crippen LogP contribution in [0.4, 0.5) is 0 Å². The lowest BCUT2D eigenvalue weighted by molar-refractivity contribution is -0.120. The maximum absolute atomic E-state index is 12.2. The first-order valence-corrected chi connectivity index (χ1v) is 7.09. The molecule has 1 atom stereocenters. The molecule has 1 fully saturated rings. The normalized spacial score (nSPS) is 21.6. The van der Waals surface area contributed by atoms with Crippen LogP contribution in [0, 0.1) is 0 Å². The second-order valence-corrected chi connectivity index (χ2v) is 6.07. The Morgan fingerprint density at radius 2 is 2.12 bits per heavy atom. The van der Waals surface area contributed by atoms with Crippen molar-refractivity contribution in [3.05, 3.63) is 24.4 Å². The van der Waals surface area contributed by atoms with Gasteiger partial charge in [-0.25, -0.2) is 13.4 Å². The summed E-state index contributed by atoms with van der Waals surface area (Å²) in [4.78, 5) is 15.5. The SMILES string of the molecule is O=C1NCCCCC1S(=O)(=O)c1ccccn1. The Hall–Kier alpha value is -1.43. The van der Waals surface area contributed by atoms with Crippen molar-refractivity contribution in [3.63, 3.8) is 0 Å². The number of carbonyl (C=O) groups is 1. The molecule has 1 saturated heterocycles. The second-order valence-electron chi connectivity index (χ2n) is 3.99. The van der Waals surface area contributed by atoms with E-state index in [-0.39, 0.29) is 5.03 Å². The number of amides is 1. The lowest BCUT2D eigenvalue weighted by Gasteiger charge is -2.13. The summed E-state index contributed by atoms with van der Waals surface area (Å²) in [6, 6.07) is 4.67. The fourth-order valence-electron chi connectivity index (χ4n) is 1.87. The minimum Gasteiger partial charge on any atom is -0.355 e. The number of rotatable bonds is 2. The van der Waals surface area contributed by atoms with Gasteiger partial charge in [0.2, 0.25) is 15.7 Å². The van der Waals surface area contributed by atoms with Gasteiger partial charge in [-0.05, 0) is 31.4 Å². The van der Waals surface area contributed by atoms with Gasteiger partial charge in [-0.2, -0.15) is 0 Å². The predicted molar refractivity (Wildman–Crippen MR) is 62.1 cm³/mol. The fourth-order valence-corrected chi connectivity index (χ4v) is 3.48. The molecule has 1 aliphatic rings. The summed E-state index contributed by atoms with van der Waals surface area (Å²) < 4.78 is 24.5. The summed E-state index contributed by atoms with van der Waals surface area (Å²) in [5.74, 6) is -0.409. The largest absolute Gasteiger partial charge is 0.355 e. The predicted octanol–water partition coefficient (Wildman–Crippen LogP) is 0.524. The van der Waals surface area contributed by atoms with Gasteiger partial charge in [0.05, 0.1) is 0 Å². The molecule has 1 aromatic rings. The highest BCUT2D eigenvalue weighted by Gasteiger charge is 2.35. The maximum atomic E-state index is 12.2. The standard InChI is InChI=1S/C11H14N2O3S/c14-11-9(5-1-3-8-13-11)17(15,16)10-6-2-4-7-12-10/h2,4,6-7,9H,1,3,5,8H2,(H,13,14). The third-order valence-corrected chi connectivity index (χ3v) is 4.81. The van der Waals surface area contributed by atoms with Crippen molar-refractivity contribution in [2.45, 2.75) is 29.5 Å². The maximum Gasteiger partial charge on any atom is 0.238 e. The molecule has 0 bridgehead atoms. The molecule has 0 saturated carbocycles. The van der Waals surface area contributed by atoms with Crippen molar-refractivity contribution < 1.29 is 13.2 Å². The lowest BCUT2D eigenvalue weighted by Crippen LogP contribution is -2.38. The van der Waals surface area contributed by atoms with Crippen LogP contribution < -0.4 is 5.32 Å². The minimum absolute atomic E-state index is 0.0259. The quantitative estimate of drug-likeness (QED) is 0.835. The van der Waals surface area contributed by atoms with Crippen LogP contribution in [0.5, 0.6) is 0 Å². The summed E-state index contributed by atoms with van der Waals surface area (Å²) in [5.41, 5.74) is 0. The van der Waals surface area contributed by atoms with Crippen molar-refractivity contribution in [1.82, 2.24) is 10.3 Å². The summed E-state index contributed by atoms with van der Waals surface area (Å²) in [6.45, 7) is 0.549. The van der Waals surface area contributed by atoms with Crippen LogP contribution in [-0.4, -0.2) is 31.1 Å². The number of hydrogen-bond donors (Lipinski definition) is 1. The highest BCUT2D eigenvalue weighted by atomic mass is 32.2. The van der Waals surface area contributed by atoms with Gasteiger partial charge >= 0.3 is 0 Å². The Morgan fingerprint density at radius 1 is 1.29 bits per heavy atom. The minimum atomic E-state index is -3.66. The molecule has 5 nitrogen and oxygen atoms in total. The van der Waals surface area contributed by atoms with Gasteiger partial charge in [-0.1, -0.05) is 6.07 Å². The molecule has 1 unspecified atom stereocenters. The van der Waals surface area contributed by atoms with Crippen molar-refractivity contribution in [2.75, 3.05) is 6.54 Å². The zero-order chi connectivity index (χ0) is 12.3. The first-order chi connectivity index (χ1) is 8.12. The molecule has 2 rings (SSSR count). The average molecular weight is 254 g/mol. The zero-order valence-corrected chi connectivity index (χ0v) is 10.1. The Morgan fingerprint density at radius 3 is 2.82 bits per heavy atom. The number of carbonyl (C=O) groups excluding carboxylic acids is 1. The number of nitrogens with one attached hydrogen (secondary N) is 1. The van der Waals surface area contributed by atoms with E-state index in [1.165, 1.54) is 12.3 Å². The molecule has 1 amide bonds. The summed E-state index contributed by atoms with van der Waals surface area (Å²) in [5, 5.41) is 1.60. The Kier molecular flexibility index (Phi) is 3.42. The van der Waals surface area contributed by atoms with E-state index in [0.29, 0.717) is 13.0 Å². The molecule has 1 aliphatic heterocycles. The first kappa shape index (κ1) is 12.0. The van der Waals surface area contributed by atoms with Gasteiger partial charge in [-0.15, -0.1) is 0 Å². The molecule has 0 spiro atoms. The molecular formula is C11H14N2O3S. The van der Waals surface area contributed by atoms with Gasteiger partial charge in [0.1, 0.15) is 5.25 Å². The van der Waals surface area contributed by atoms with Crippen LogP contribution in [0.3, 0.4) is 0 Å². The molecule has 2 heterocycles. The molecule has 0 radical (unpaired) electrons. The number of hydrogen-bond acceptors (Lipinski definition) is 4. The van der Waals surface area contributed by atoms with E-state index in [4.69, 9.17) is 0 Å². The fraction of sp³-hybridized carbons (Fsp3) is 0.455. The van der Waals surface area contributed by atoms with Crippen LogP contribution in [0.1, 0.15) is 19.3 Å². The van der Waals surface area contributed by atoms with Crippen molar-refractivity contribution in [3.8, 4) is 0 Å². The highest BCUT2D eigenvalue weighted by molar-refractivity contribution is 7.92. The number of pyridine rings is 1. The Bertz CT molecular complexity index is 499. The molecule has 6 heteroatoms. The van der Waals surface area contributed by atoms with E-state index in [1.807, 2.05) is 0 Å². The van der Waals surface area contributed by atoms with Gasteiger partial charge in [-0.3, -0.25) is 4.79 Å². The van der Waals surface area contributed by atoms with Gasteiger partial charge in [0, 0.05) is 12.7 Å². The lowest BCUT2D eigenvalue weighted by atomic mass is 10.2. The van der Waals surface area contributed by atoms with Crippen LogP contribution >= 0.6 is 0 Å². The number of sulfone groups is 1. The van der Waals surface area contributed by atoms with Gasteiger partial charge in [0.15, 0.2) is 5.03 Å². The molecule has 92 valence electrons. The third-order valence-electron chi connectivity index (χ3n) is 2.79. The van der Waals surface area contributed by atoms with E-state index < -0.39 is 21.0 Å². The monoisotopic (exact) mass is 254 g/mol. The third kappa shape index (κ3) is 2.46. The second kappa shape index (κ2) is 4.83. The van der Waals surface area contributed by atoms with Crippen LogP contribution in [-0.2, 0) is 14.6 Å². The molecule has 1 aromatic heterocycles. The van der Waals surface area contributed by atoms with E-state index in [0.717, 1.165) is 12.8 Å². The molecule has 0 aliphatic carbocycles. The zero-order valence-electron chi connectivity index (χ0n) is 9.30. The molecule has 1 N–H and O–H groups in total. The van der Waals surface area contributed by atoms with Crippen molar-refractivity contribution >= 4 is 15.7 Å². The molecular weight excluding hydrogens is 240 g/mol. The van der Waals surface area contributed by atoms with Crippen LogP contribution in [0.25, 0.3) is 0 Å². The summed E-state index contributed by atoms with van der Waals surface area (Å²) >= 11 is 0. The van der Waals surface area contributed by atoms with Crippen LogP contribution in [0.15, 0.2) is 29.4 Å². The molecule has 17 heavy (non-hydrogen) atoms. The van der Waals surface area contributed by atoms with Crippen molar-refractivity contribution in [1.29, 1.82) is 0 Å². The van der Waals surface area contributed by atoms with Crippen LogP contribution in [0.2, 0.25) is 0 Å². The Balaban J connectivity index is 2.34. The first-order valence-electron chi connectivity index (χ1n) is 5.55.